The van der Waals surface area contributed by atoms with E-state index in [-0.39, 0.29) is 12.6 Å². The second-order valence-corrected chi connectivity index (χ2v) is 5.91. The molecule has 1 aromatic heterocycles. The molecule has 1 aromatic rings. The Hall–Kier alpha value is -1.36. The Balaban J connectivity index is 2.33. The zero-order valence-corrected chi connectivity index (χ0v) is 13.5. The average molecular weight is 292 g/mol. The number of aliphatic hydroxyl groups is 1. The Labute approximate surface area is 127 Å². The lowest BCUT2D eigenvalue weighted by atomic mass is 10.0. The van der Waals surface area contributed by atoms with Gasteiger partial charge in [0, 0.05) is 18.7 Å². The summed E-state index contributed by atoms with van der Waals surface area (Å²) in [6, 6.07) is 0.175. The topological polar surface area (TPSA) is 61.3 Å². The van der Waals surface area contributed by atoms with Crippen LogP contribution in [0.1, 0.15) is 45.6 Å². The third-order valence-electron chi connectivity index (χ3n) is 4.31. The molecule has 1 aliphatic rings. The number of anilines is 2. The zero-order chi connectivity index (χ0) is 15.2. The number of aromatic nitrogens is 2. The van der Waals surface area contributed by atoms with Crippen LogP contribution in [0.3, 0.4) is 0 Å². The molecule has 0 saturated carbocycles. The first kappa shape index (κ1) is 16.0. The number of hydrogen-bond donors (Lipinski definition) is 2. The molecule has 1 fully saturated rings. The van der Waals surface area contributed by atoms with Crippen LogP contribution in [0, 0.1) is 5.92 Å². The van der Waals surface area contributed by atoms with E-state index >= 15 is 0 Å². The Morgan fingerprint density at radius 2 is 2.14 bits per heavy atom. The molecule has 2 heterocycles. The quantitative estimate of drug-likeness (QED) is 0.808. The highest BCUT2D eigenvalue weighted by molar-refractivity contribution is 5.60. The Bertz CT molecular complexity index is 452. The van der Waals surface area contributed by atoms with Crippen molar-refractivity contribution in [2.24, 2.45) is 5.92 Å². The summed E-state index contributed by atoms with van der Waals surface area (Å²) in [6.45, 7) is 8.61. The summed E-state index contributed by atoms with van der Waals surface area (Å²) in [6.07, 6.45) is 5.85. The summed E-state index contributed by atoms with van der Waals surface area (Å²) < 4.78 is 0. The van der Waals surface area contributed by atoms with Crippen molar-refractivity contribution in [3.8, 4) is 0 Å². The fourth-order valence-corrected chi connectivity index (χ4v) is 3.08. The van der Waals surface area contributed by atoms with Crippen LogP contribution in [-0.4, -0.2) is 40.8 Å². The van der Waals surface area contributed by atoms with Crippen molar-refractivity contribution in [1.82, 2.24) is 9.97 Å². The zero-order valence-electron chi connectivity index (χ0n) is 13.5. The molecule has 2 unspecified atom stereocenters. The molecule has 0 aromatic carbocycles. The molecule has 5 nitrogen and oxygen atoms in total. The maximum Gasteiger partial charge on any atom is 0.137 e. The lowest BCUT2D eigenvalue weighted by Crippen LogP contribution is -2.36. The summed E-state index contributed by atoms with van der Waals surface area (Å²) in [5, 5.41) is 13.1. The predicted molar refractivity (Wildman–Crippen MR) is 86.8 cm³/mol. The highest BCUT2D eigenvalue weighted by atomic mass is 16.3. The van der Waals surface area contributed by atoms with Crippen molar-refractivity contribution in [1.29, 1.82) is 0 Å². The molecule has 0 radical (unpaired) electrons. The molecule has 0 aliphatic carbocycles. The Kier molecular flexibility index (Phi) is 5.79. The molecule has 2 atom stereocenters. The van der Waals surface area contributed by atoms with Gasteiger partial charge in [-0.2, -0.15) is 0 Å². The molecule has 118 valence electrons. The van der Waals surface area contributed by atoms with Crippen LogP contribution in [-0.2, 0) is 6.42 Å². The van der Waals surface area contributed by atoms with E-state index in [1.54, 1.807) is 6.33 Å². The van der Waals surface area contributed by atoms with Crippen molar-refractivity contribution in [2.75, 3.05) is 29.9 Å². The number of aliphatic hydroxyl groups excluding tert-OH is 1. The van der Waals surface area contributed by atoms with Crippen LogP contribution in [0.2, 0.25) is 0 Å². The molecule has 1 saturated heterocycles. The van der Waals surface area contributed by atoms with Crippen LogP contribution < -0.4 is 10.2 Å². The third-order valence-corrected chi connectivity index (χ3v) is 4.31. The fraction of sp³-hybridized carbons (Fsp3) is 0.750. The van der Waals surface area contributed by atoms with Gasteiger partial charge in [-0.25, -0.2) is 9.97 Å². The first-order valence-corrected chi connectivity index (χ1v) is 8.18. The van der Waals surface area contributed by atoms with Crippen LogP contribution >= 0.6 is 0 Å². The van der Waals surface area contributed by atoms with Gasteiger partial charge in [0.2, 0.25) is 0 Å². The highest BCUT2D eigenvalue weighted by Gasteiger charge is 2.33. The van der Waals surface area contributed by atoms with E-state index in [9.17, 15) is 5.11 Å². The van der Waals surface area contributed by atoms with Gasteiger partial charge in [-0.05, 0) is 25.2 Å². The molecule has 21 heavy (non-hydrogen) atoms. The van der Waals surface area contributed by atoms with Gasteiger partial charge in [-0.1, -0.05) is 27.2 Å². The van der Waals surface area contributed by atoms with Crippen molar-refractivity contribution in [3.63, 3.8) is 0 Å². The van der Waals surface area contributed by atoms with Gasteiger partial charge in [0.15, 0.2) is 0 Å². The lowest BCUT2D eigenvalue weighted by Gasteiger charge is -2.28. The van der Waals surface area contributed by atoms with Crippen LogP contribution in [0.25, 0.3) is 0 Å². The number of rotatable bonds is 7. The smallest absolute Gasteiger partial charge is 0.137 e. The molecular formula is C16H28N4O. The van der Waals surface area contributed by atoms with E-state index in [1.807, 2.05) is 0 Å². The van der Waals surface area contributed by atoms with Crippen molar-refractivity contribution in [3.05, 3.63) is 11.9 Å². The summed E-state index contributed by atoms with van der Waals surface area (Å²) >= 11 is 0. The largest absolute Gasteiger partial charge is 0.394 e. The van der Waals surface area contributed by atoms with Gasteiger partial charge < -0.3 is 15.3 Å². The summed E-state index contributed by atoms with van der Waals surface area (Å²) in [5.41, 5.74) is 1.20. The molecule has 2 N–H and O–H groups in total. The van der Waals surface area contributed by atoms with E-state index in [2.05, 4.69) is 41.0 Å². The normalized spacial score (nSPS) is 21.8. The van der Waals surface area contributed by atoms with E-state index < -0.39 is 0 Å². The fourth-order valence-electron chi connectivity index (χ4n) is 3.08. The monoisotopic (exact) mass is 292 g/mol. The summed E-state index contributed by atoms with van der Waals surface area (Å²) in [7, 11) is 0. The van der Waals surface area contributed by atoms with E-state index in [0.29, 0.717) is 5.92 Å². The lowest BCUT2D eigenvalue weighted by molar-refractivity contribution is 0.244. The number of hydrogen-bond acceptors (Lipinski definition) is 5. The number of nitrogens with one attached hydrogen (secondary N) is 1. The summed E-state index contributed by atoms with van der Waals surface area (Å²) in [4.78, 5) is 11.2. The maximum atomic E-state index is 9.70. The van der Waals surface area contributed by atoms with Crippen LogP contribution in [0.4, 0.5) is 11.6 Å². The molecule has 5 heteroatoms. The van der Waals surface area contributed by atoms with E-state index in [0.717, 1.165) is 50.4 Å². The van der Waals surface area contributed by atoms with Gasteiger partial charge in [0.1, 0.15) is 18.0 Å². The predicted octanol–water partition coefficient (Wildman–Crippen LogP) is 2.46. The Morgan fingerprint density at radius 1 is 1.33 bits per heavy atom. The second-order valence-electron chi connectivity index (χ2n) is 5.91. The van der Waals surface area contributed by atoms with Gasteiger partial charge in [-0.15, -0.1) is 0 Å². The first-order chi connectivity index (χ1) is 10.2. The first-order valence-electron chi connectivity index (χ1n) is 8.18. The minimum atomic E-state index is 0.175. The minimum absolute atomic E-state index is 0.175. The molecule has 1 aliphatic heterocycles. The number of nitrogens with zero attached hydrogens (tertiary/aromatic N) is 3. The summed E-state index contributed by atoms with van der Waals surface area (Å²) in [5.74, 6) is 2.47. The van der Waals surface area contributed by atoms with Crippen molar-refractivity contribution in [2.45, 2.75) is 52.5 Å². The SMILES string of the molecule is CCCNc1ncnc(N2CCC(C)C2CO)c1CCC. The maximum absolute atomic E-state index is 9.70. The molecule has 0 amide bonds. The second kappa shape index (κ2) is 7.59. The molecule has 0 spiro atoms. The average Bonchev–Trinajstić information content (AvgIpc) is 2.87. The van der Waals surface area contributed by atoms with Gasteiger partial charge in [0.05, 0.1) is 12.6 Å². The third kappa shape index (κ3) is 3.46. The minimum Gasteiger partial charge on any atom is -0.394 e. The highest BCUT2D eigenvalue weighted by Crippen LogP contribution is 2.33. The molecular weight excluding hydrogens is 264 g/mol. The molecule has 2 rings (SSSR count). The standard InChI is InChI=1S/C16H28N4O/c1-4-6-13-15(17-8-5-2)18-11-19-16(13)20-9-7-12(3)14(20)10-21/h11-12,14,21H,4-10H2,1-3H3,(H,17,18,19). The molecule has 0 bridgehead atoms. The van der Waals surface area contributed by atoms with Crippen molar-refractivity contribution >= 4 is 11.6 Å². The van der Waals surface area contributed by atoms with Gasteiger partial charge in [-0.3, -0.25) is 0 Å². The van der Waals surface area contributed by atoms with Crippen LogP contribution in [0.5, 0.6) is 0 Å². The van der Waals surface area contributed by atoms with Crippen LogP contribution in [0.15, 0.2) is 6.33 Å². The van der Waals surface area contributed by atoms with Gasteiger partial charge in [0.25, 0.3) is 0 Å². The van der Waals surface area contributed by atoms with E-state index in [1.165, 1.54) is 5.56 Å². The van der Waals surface area contributed by atoms with E-state index in [4.69, 9.17) is 0 Å². The van der Waals surface area contributed by atoms with Crippen molar-refractivity contribution < 1.29 is 5.11 Å². The van der Waals surface area contributed by atoms with Gasteiger partial charge >= 0.3 is 0 Å². The Morgan fingerprint density at radius 3 is 2.81 bits per heavy atom.